The van der Waals surface area contributed by atoms with Crippen LogP contribution in [0.5, 0.6) is 0 Å². The lowest BCUT2D eigenvalue weighted by Crippen LogP contribution is -2.68. The molecule has 4 nitrogen and oxygen atoms in total. The molecule has 3 aromatic rings. The molecule has 0 radical (unpaired) electrons. The summed E-state index contributed by atoms with van der Waals surface area (Å²) in [5.41, 5.74) is 2.40. The van der Waals surface area contributed by atoms with E-state index in [-0.39, 0.29) is 0 Å². The fraction of sp³-hybridized carbons (Fsp3) is 0. The Kier molecular flexibility index (Phi) is 6.94. The lowest BCUT2D eigenvalue weighted by Gasteiger charge is -2.17. The van der Waals surface area contributed by atoms with Crippen LogP contribution in [0.1, 0.15) is 0 Å². The molecule has 0 aliphatic carbocycles. The van der Waals surface area contributed by atoms with Crippen LogP contribution in [-0.2, 0) is 0 Å². The van der Waals surface area contributed by atoms with Gasteiger partial charge < -0.3 is 0 Å². The highest BCUT2D eigenvalue weighted by Gasteiger charge is 2.16. The molecule has 0 saturated carbocycles. The Labute approximate surface area is 157 Å². The molecule has 0 aliphatic rings. The summed E-state index contributed by atoms with van der Waals surface area (Å²) in [6.45, 7) is 0. The third-order valence-electron chi connectivity index (χ3n) is 2.74. The van der Waals surface area contributed by atoms with Crippen molar-refractivity contribution >= 4 is 43.9 Å². The Balaban J connectivity index is 0.000000368. The predicted octanol–water partition coefficient (Wildman–Crippen LogP) is 1.98. The van der Waals surface area contributed by atoms with Crippen molar-refractivity contribution in [2.45, 2.75) is 0 Å². The van der Waals surface area contributed by atoms with E-state index in [9.17, 15) is 0 Å². The summed E-state index contributed by atoms with van der Waals surface area (Å²) < 4.78 is 34.0. The van der Waals surface area contributed by atoms with Crippen molar-refractivity contribution in [2.24, 2.45) is 0 Å². The minimum absolute atomic E-state index is 0.766. The zero-order valence-corrected chi connectivity index (χ0v) is 15.7. The zero-order valence-electron chi connectivity index (χ0n) is 11.8. The van der Waals surface area contributed by atoms with Gasteiger partial charge in [-0.2, -0.15) is 0 Å². The molecular weight excluding hydrogens is 415 g/mol. The normalized spacial score (nSPS) is 10.9. The smallest absolute Gasteiger partial charge is 0.222 e. The number of halogens is 3. The van der Waals surface area contributed by atoms with Crippen LogP contribution in [0, 0.1) is 10.2 Å². The van der Waals surface area contributed by atoms with Crippen LogP contribution in [0.4, 0.5) is 0 Å². The van der Waals surface area contributed by atoms with Crippen LogP contribution < -0.4 is 18.6 Å². The van der Waals surface area contributed by atoms with Crippen LogP contribution in [0.25, 0.3) is 20.9 Å². The van der Waals surface area contributed by atoms with E-state index in [1.54, 1.807) is 20.7 Å². The van der Waals surface area contributed by atoms with E-state index in [1.165, 1.54) is 20.9 Å². The molecule has 0 amide bonds. The van der Waals surface area contributed by atoms with Gasteiger partial charge in [0.2, 0.25) is 0 Å². The molecule has 0 saturated heterocycles. The van der Waals surface area contributed by atoms with E-state index in [0.29, 0.717) is 0 Å². The van der Waals surface area contributed by atoms with Gasteiger partial charge in [-0.1, -0.05) is 35.3 Å². The van der Waals surface area contributed by atoms with Crippen LogP contribution in [0.3, 0.4) is 0 Å². The SMILES string of the molecule is Clc1ccc(-c2cc(-c3ccc(Cl)cc3)[s+]s2)cc1.[O-][Cl+3]([O-])([O-])[O-]. The van der Waals surface area contributed by atoms with E-state index >= 15 is 0 Å². The van der Waals surface area contributed by atoms with Crippen LogP contribution in [0.15, 0.2) is 54.6 Å². The zero-order chi connectivity index (χ0) is 17.7. The molecule has 0 aliphatic heterocycles. The van der Waals surface area contributed by atoms with E-state index in [2.05, 4.69) is 6.07 Å². The summed E-state index contributed by atoms with van der Waals surface area (Å²) in [5.74, 6) is 0. The van der Waals surface area contributed by atoms with Crippen molar-refractivity contribution in [1.29, 1.82) is 0 Å². The Morgan fingerprint density at radius 2 is 1.17 bits per heavy atom. The van der Waals surface area contributed by atoms with Gasteiger partial charge in [-0.25, -0.2) is 18.6 Å². The van der Waals surface area contributed by atoms with E-state index in [0.717, 1.165) is 10.0 Å². The number of hydrogen-bond donors (Lipinski definition) is 0. The summed E-state index contributed by atoms with van der Waals surface area (Å²) >= 11 is 11.8. The van der Waals surface area contributed by atoms with Gasteiger partial charge in [-0.15, -0.1) is 10.2 Å². The van der Waals surface area contributed by atoms with Gasteiger partial charge in [-0.3, -0.25) is 0 Å². The second kappa shape index (κ2) is 8.53. The quantitative estimate of drug-likeness (QED) is 0.465. The molecule has 0 bridgehead atoms. The molecular formula is C15H9Cl3O4S2. The standard InChI is InChI=1S/C15H9Cl2S2.ClHO4/c16-12-5-1-10(2-6-12)14-9-15(19-18-14)11-3-7-13(17)8-4-11;2-1(3,4)5/h1-9H;(H,2,3,4,5)/q+1;/p-1. The van der Waals surface area contributed by atoms with Crippen molar-refractivity contribution in [3.05, 3.63) is 64.6 Å². The fourth-order valence-electron chi connectivity index (χ4n) is 1.75. The Morgan fingerprint density at radius 1 is 0.750 bits per heavy atom. The van der Waals surface area contributed by atoms with Crippen LogP contribution >= 0.6 is 43.9 Å². The van der Waals surface area contributed by atoms with Gasteiger partial charge in [0, 0.05) is 21.7 Å². The second-order valence-corrected chi connectivity index (χ2v) is 8.27. The van der Waals surface area contributed by atoms with E-state index in [4.69, 9.17) is 41.8 Å². The second-order valence-electron chi connectivity index (χ2n) is 4.43. The lowest BCUT2D eigenvalue weighted by molar-refractivity contribution is -2.00. The maximum atomic E-state index is 8.49. The van der Waals surface area contributed by atoms with E-state index in [1.807, 2.05) is 48.5 Å². The van der Waals surface area contributed by atoms with Crippen LogP contribution in [-0.4, -0.2) is 0 Å². The Bertz CT molecular complexity index is 718. The highest BCUT2D eigenvalue weighted by atomic mass is 35.7. The largest absolute Gasteiger partial charge is 0.301 e. The van der Waals surface area contributed by atoms with Gasteiger partial charge in [0.1, 0.15) is 0 Å². The summed E-state index contributed by atoms with van der Waals surface area (Å²) in [4.78, 5) is 2.51. The van der Waals surface area contributed by atoms with Gasteiger partial charge in [-0.05, 0) is 42.0 Å². The van der Waals surface area contributed by atoms with Crippen molar-refractivity contribution in [2.75, 3.05) is 0 Å². The molecule has 0 spiro atoms. The van der Waals surface area contributed by atoms with Gasteiger partial charge in [0.05, 0.1) is 4.88 Å². The molecule has 0 atom stereocenters. The maximum absolute atomic E-state index is 8.49. The van der Waals surface area contributed by atoms with Crippen molar-refractivity contribution < 1.29 is 28.9 Å². The third kappa shape index (κ3) is 6.60. The summed E-state index contributed by atoms with van der Waals surface area (Å²) in [6.07, 6.45) is 0. The molecule has 2 aromatic carbocycles. The first-order valence-corrected chi connectivity index (χ1v) is 10.4. The first-order valence-electron chi connectivity index (χ1n) is 6.29. The molecule has 1 aromatic heterocycles. The van der Waals surface area contributed by atoms with Gasteiger partial charge in [0.15, 0.2) is 10.3 Å². The topological polar surface area (TPSA) is 92.2 Å². The van der Waals surface area contributed by atoms with Gasteiger partial charge in [0.25, 0.3) is 4.88 Å². The van der Waals surface area contributed by atoms with Crippen molar-refractivity contribution in [1.82, 2.24) is 0 Å². The molecule has 3 rings (SSSR count). The third-order valence-corrected chi connectivity index (χ3v) is 5.72. The molecule has 24 heavy (non-hydrogen) atoms. The molecule has 1 heterocycles. The fourth-order valence-corrected chi connectivity index (χ4v) is 4.46. The molecule has 0 unspecified atom stereocenters. The molecule has 9 heteroatoms. The number of benzene rings is 2. The minimum atomic E-state index is -4.94. The average molecular weight is 424 g/mol. The average Bonchev–Trinajstić information content (AvgIpc) is 2.97. The Hall–Kier alpha value is -0.800. The lowest BCUT2D eigenvalue weighted by atomic mass is 10.1. The predicted molar refractivity (Wildman–Crippen MR) is 87.5 cm³/mol. The summed E-state index contributed by atoms with van der Waals surface area (Å²) in [7, 11) is -1.40. The summed E-state index contributed by atoms with van der Waals surface area (Å²) in [5, 5.41) is 1.53. The van der Waals surface area contributed by atoms with E-state index < -0.39 is 10.2 Å². The summed E-state index contributed by atoms with van der Waals surface area (Å²) in [6, 6.07) is 18.1. The number of rotatable bonds is 2. The van der Waals surface area contributed by atoms with Crippen LogP contribution in [0.2, 0.25) is 10.0 Å². The monoisotopic (exact) mass is 422 g/mol. The molecule has 0 N–H and O–H groups in total. The maximum Gasteiger partial charge on any atom is 0.301 e. The number of hydrogen-bond acceptors (Lipinski definition) is 5. The van der Waals surface area contributed by atoms with Crippen molar-refractivity contribution in [3.8, 4) is 20.9 Å². The minimum Gasteiger partial charge on any atom is -0.222 e. The molecule has 126 valence electrons. The first kappa shape index (κ1) is 19.5. The first-order chi connectivity index (χ1) is 11.2. The molecule has 0 fully saturated rings. The highest BCUT2D eigenvalue weighted by Crippen LogP contribution is 2.37. The van der Waals surface area contributed by atoms with Crippen molar-refractivity contribution in [3.63, 3.8) is 0 Å². The van der Waals surface area contributed by atoms with Gasteiger partial charge >= 0.3 is 10.3 Å². The highest BCUT2D eigenvalue weighted by molar-refractivity contribution is 7.72. The Morgan fingerprint density at radius 3 is 1.62 bits per heavy atom.